The number of phosphoric acid groups is 1. The molecule has 2 aliphatic rings. The van der Waals surface area contributed by atoms with E-state index in [1.165, 1.54) is 14.2 Å². The number of methoxy groups -OCH3 is 2. The maximum absolute atomic E-state index is 13.7. The van der Waals surface area contributed by atoms with Gasteiger partial charge >= 0.3 is 7.82 Å². The molecule has 1 aromatic heterocycles. The first-order valence-electron chi connectivity index (χ1n) is 11.7. The zero-order valence-corrected chi connectivity index (χ0v) is 21.6. The first-order valence-corrected chi connectivity index (χ1v) is 13.2. The van der Waals surface area contributed by atoms with Crippen molar-refractivity contribution in [1.29, 1.82) is 0 Å². The van der Waals surface area contributed by atoms with Gasteiger partial charge in [-0.3, -0.25) is 9.09 Å². The van der Waals surface area contributed by atoms with Crippen molar-refractivity contribution in [1.82, 2.24) is 9.55 Å². The van der Waals surface area contributed by atoms with E-state index in [9.17, 15) is 9.67 Å². The summed E-state index contributed by atoms with van der Waals surface area (Å²) < 4.78 is 48.9. The fourth-order valence-electron chi connectivity index (χ4n) is 4.02. The molecule has 13 nitrogen and oxygen atoms in total. The van der Waals surface area contributed by atoms with Crippen LogP contribution in [0.2, 0.25) is 0 Å². The highest BCUT2D eigenvalue weighted by atomic mass is 31.2. The van der Waals surface area contributed by atoms with Gasteiger partial charge < -0.3 is 39.4 Å². The Hall–Kier alpha value is -3.77. The number of anilines is 1. The molecule has 14 heteroatoms. The largest absolute Gasteiger partial charge is 0.587 e. The molecule has 0 spiro atoms. The number of aromatic nitrogens is 2. The van der Waals surface area contributed by atoms with E-state index >= 15 is 0 Å². The molecule has 0 saturated carbocycles. The number of hydrogen-bond acceptors (Lipinski definition) is 12. The summed E-state index contributed by atoms with van der Waals surface area (Å²) in [4.78, 5) is 8.40. The average molecular weight is 545 g/mol. The zero-order chi connectivity index (χ0) is 26.7. The molecule has 5 rings (SSSR count). The van der Waals surface area contributed by atoms with Gasteiger partial charge in [0.05, 0.1) is 33.3 Å². The van der Waals surface area contributed by atoms with E-state index in [0.29, 0.717) is 35.5 Å². The second-order valence-electron chi connectivity index (χ2n) is 8.44. The minimum absolute atomic E-state index is 0.240. The lowest BCUT2D eigenvalue weighted by molar-refractivity contribution is -0.0421. The number of rotatable bonds is 10. The molecule has 202 valence electrons. The smallest absolute Gasteiger partial charge is 0.497 e. The van der Waals surface area contributed by atoms with Gasteiger partial charge in [-0.1, -0.05) is 0 Å². The van der Waals surface area contributed by atoms with E-state index < -0.39 is 26.3 Å². The minimum Gasteiger partial charge on any atom is -0.497 e. The fraction of sp³-hybridized carbons (Fsp3) is 0.333. The number of aliphatic hydroxyl groups is 1. The highest BCUT2D eigenvalue weighted by Gasteiger charge is 2.40. The van der Waals surface area contributed by atoms with Crippen LogP contribution in [-0.2, 0) is 13.8 Å². The lowest BCUT2D eigenvalue weighted by atomic mass is 10.2. The normalized spacial score (nSPS) is 20.7. The van der Waals surface area contributed by atoms with Crippen molar-refractivity contribution in [3.8, 4) is 23.0 Å². The molecule has 3 unspecified atom stereocenters. The van der Waals surface area contributed by atoms with E-state index in [1.807, 2.05) is 0 Å². The lowest BCUT2D eigenvalue weighted by Crippen LogP contribution is -2.27. The van der Waals surface area contributed by atoms with Crippen molar-refractivity contribution < 1.29 is 37.5 Å². The molecular formula is C24H28N5O8P. The van der Waals surface area contributed by atoms with E-state index in [-0.39, 0.29) is 24.5 Å². The molecular weight excluding hydrogens is 517 g/mol. The first-order chi connectivity index (χ1) is 18.4. The number of nitrogens with zero attached hydrogens (tertiary/aromatic N) is 3. The van der Waals surface area contributed by atoms with Crippen molar-refractivity contribution >= 4 is 19.5 Å². The number of nitrogens with one attached hydrogen (secondary N) is 1. The third kappa shape index (κ3) is 5.55. The lowest BCUT2D eigenvalue weighted by Gasteiger charge is -2.22. The quantitative estimate of drug-likeness (QED) is 0.321. The number of amidine groups is 1. The van der Waals surface area contributed by atoms with E-state index in [0.717, 1.165) is 0 Å². The monoisotopic (exact) mass is 545 g/mol. The van der Waals surface area contributed by atoms with Crippen LogP contribution in [0.4, 0.5) is 5.82 Å². The summed E-state index contributed by atoms with van der Waals surface area (Å²) >= 11 is 0. The molecule has 38 heavy (non-hydrogen) atoms. The number of aliphatic imine (C=N–C) groups is 1. The van der Waals surface area contributed by atoms with E-state index in [1.54, 1.807) is 59.4 Å². The highest BCUT2D eigenvalue weighted by Crippen LogP contribution is 2.50. The Morgan fingerprint density at radius 3 is 2.21 bits per heavy atom. The summed E-state index contributed by atoms with van der Waals surface area (Å²) in [7, 11) is -1.16. The molecule has 3 aromatic rings. The molecule has 0 amide bonds. The summed E-state index contributed by atoms with van der Waals surface area (Å²) in [6, 6.07) is 12.9. The molecule has 2 aliphatic heterocycles. The van der Waals surface area contributed by atoms with Gasteiger partial charge in [0.1, 0.15) is 59.3 Å². The van der Waals surface area contributed by atoms with Crippen molar-refractivity contribution in [2.45, 2.75) is 24.9 Å². The van der Waals surface area contributed by atoms with Gasteiger partial charge in [0.25, 0.3) is 0 Å². The molecule has 3 heterocycles. The number of phosphoric ester groups is 1. The molecule has 3 atom stereocenters. The average Bonchev–Trinajstić information content (AvgIpc) is 3.52. The maximum Gasteiger partial charge on any atom is 0.587 e. The van der Waals surface area contributed by atoms with Crippen LogP contribution in [-0.4, -0.2) is 60.2 Å². The topological polar surface area (TPSA) is 161 Å². The van der Waals surface area contributed by atoms with Crippen molar-refractivity contribution in [3.63, 3.8) is 0 Å². The Labute approximate surface area is 218 Å². The number of imidazole rings is 1. The number of nitrogens with two attached hydrogens (primary N) is 1. The van der Waals surface area contributed by atoms with Crippen molar-refractivity contribution in [3.05, 3.63) is 60.6 Å². The number of hydrogen-bond donors (Lipinski definition) is 3. The van der Waals surface area contributed by atoms with Crippen LogP contribution in [0, 0.1) is 0 Å². The van der Waals surface area contributed by atoms with Crippen LogP contribution in [0.3, 0.4) is 0 Å². The first kappa shape index (κ1) is 25.9. The highest BCUT2D eigenvalue weighted by molar-refractivity contribution is 7.49. The fourth-order valence-corrected chi connectivity index (χ4v) is 5.25. The number of aliphatic hydroxyl groups excluding tert-OH is 1. The minimum atomic E-state index is -4.23. The second kappa shape index (κ2) is 10.9. The van der Waals surface area contributed by atoms with Crippen molar-refractivity contribution in [2.75, 3.05) is 32.8 Å². The van der Waals surface area contributed by atoms with Crippen molar-refractivity contribution in [2.24, 2.45) is 10.7 Å². The molecule has 0 aliphatic carbocycles. The summed E-state index contributed by atoms with van der Waals surface area (Å²) in [6.07, 6.45) is -0.477. The summed E-state index contributed by atoms with van der Waals surface area (Å²) in [5.41, 5.74) is 6.43. The zero-order valence-electron chi connectivity index (χ0n) is 20.7. The van der Waals surface area contributed by atoms with Crippen LogP contribution >= 0.6 is 7.82 Å². The molecule has 0 radical (unpaired) electrons. The molecule has 1 saturated heterocycles. The van der Waals surface area contributed by atoms with Crippen LogP contribution in [0.25, 0.3) is 0 Å². The van der Waals surface area contributed by atoms with Crippen LogP contribution in [0.5, 0.6) is 23.0 Å². The van der Waals surface area contributed by atoms with E-state index in [2.05, 4.69) is 15.3 Å². The van der Waals surface area contributed by atoms with Crippen LogP contribution < -0.4 is 29.6 Å². The Kier molecular flexibility index (Phi) is 7.43. The van der Waals surface area contributed by atoms with E-state index in [4.69, 9.17) is 33.5 Å². The van der Waals surface area contributed by atoms with Gasteiger partial charge in [-0.05, 0) is 48.5 Å². The molecule has 0 bridgehead atoms. The van der Waals surface area contributed by atoms with Gasteiger partial charge in [-0.15, -0.1) is 0 Å². The Morgan fingerprint density at radius 2 is 1.63 bits per heavy atom. The number of benzene rings is 2. The van der Waals surface area contributed by atoms with Gasteiger partial charge in [0, 0.05) is 6.42 Å². The third-order valence-corrected chi connectivity index (χ3v) is 7.33. The third-order valence-electron chi connectivity index (χ3n) is 6.00. The van der Waals surface area contributed by atoms with Gasteiger partial charge in [0.15, 0.2) is 0 Å². The predicted molar refractivity (Wildman–Crippen MR) is 137 cm³/mol. The molecule has 4 N–H and O–H groups in total. The Bertz CT molecular complexity index is 1280. The standard InChI is InChI=1S/C24H28N5O8P/c1-32-15-3-7-17(8-4-15)36-38(31,37-18-9-5-16(33-2)6-10-18)34-12-20-19(30)11-21(35-20)29-14-28-22-23(25)26-13-27-24(22)29/h3-10,14,19-21,27,30H,11-13H2,1-2H3,(H2,25,26). The molecule has 1 fully saturated rings. The Balaban J connectivity index is 1.30. The predicted octanol–water partition coefficient (Wildman–Crippen LogP) is 2.92. The van der Waals surface area contributed by atoms with Crippen LogP contribution in [0.15, 0.2) is 59.9 Å². The maximum atomic E-state index is 13.7. The number of fused-ring (bicyclic) bond motifs is 1. The SMILES string of the molecule is COc1ccc(OP(=O)(OCC2OC(n3cnc4c3NCN=C4N)CC2O)Oc2ccc(OC)cc2)cc1. The number of ether oxygens (including phenoxy) is 3. The van der Waals surface area contributed by atoms with Crippen LogP contribution in [0.1, 0.15) is 18.3 Å². The Morgan fingerprint density at radius 1 is 1.05 bits per heavy atom. The summed E-state index contributed by atoms with van der Waals surface area (Å²) in [5.74, 6) is 2.65. The second-order valence-corrected chi connectivity index (χ2v) is 9.95. The summed E-state index contributed by atoms with van der Waals surface area (Å²) in [6.45, 7) is 0.0378. The summed E-state index contributed by atoms with van der Waals surface area (Å²) in [5, 5.41) is 13.8. The van der Waals surface area contributed by atoms with Gasteiger partial charge in [-0.2, -0.15) is 0 Å². The van der Waals surface area contributed by atoms with Gasteiger partial charge in [0.2, 0.25) is 0 Å². The van der Waals surface area contributed by atoms with Gasteiger partial charge in [-0.25, -0.2) is 14.5 Å². The molecule has 2 aromatic carbocycles.